The van der Waals surface area contributed by atoms with Crippen LogP contribution in [0.5, 0.6) is 0 Å². The minimum atomic E-state index is -0.475. The molecule has 2 N–H and O–H groups in total. The zero-order valence-electron chi connectivity index (χ0n) is 5.14. The van der Waals surface area contributed by atoms with Crippen LogP contribution in [0, 0.1) is 5.82 Å². The second-order valence-electron chi connectivity index (χ2n) is 1.79. The van der Waals surface area contributed by atoms with E-state index in [-0.39, 0.29) is 11.6 Å². The van der Waals surface area contributed by atoms with E-state index in [9.17, 15) is 4.39 Å². The number of rotatable bonds is 1. The molecule has 0 aliphatic heterocycles. The molecule has 0 fully saturated rings. The van der Waals surface area contributed by atoms with E-state index in [1.807, 2.05) is 0 Å². The summed E-state index contributed by atoms with van der Waals surface area (Å²) in [5, 5.41) is 0.0252. The van der Waals surface area contributed by atoms with Gasteiger partial charge in [-0.05, 0) is 6.07 Å². The first-order valence-corrected chi connectivity index (χ1v) is 3.12. The molecule has 1 aromatic rings. The van der Waals surface area contributed by atoms with Crippen LogP contribution < -0.4 is 5.73 Å². The molecule has 0 amide bonds. The lowest BCUT2D eigenvalue weighted by Gasteiger charge is -1.95. The maximum atomic E-state index is 12.5. The van der Waals surface area contributed by atoms with Gasteiger partial charge in [-0.15, -0.1) is 0 Å². The number of hydrogen-bond acceptors (Lipinski definition) is 2. The van der Waals surface area contributed by atoms with Gasteiger partial charge in [-0.25, -0.2) is 4.39 Å². The standard InChI is InChI=1S/C6H6ClFN2/c7-5-3-10-4(2-9)1-6(5)8/h1,3H,2,9H2. The number of pyridine rings is 1. The molecule has 1 heterocycles. The lowest BCUT2D eigenvalue weighted by molar-refractivity contribution is 0.622. The van der Waals surface area contributed by atoms with Gasteiger partial charge in [0.05, 0.1) is 10.7 Å². The van der Waals surface area contributed by atoms with Gasteiger partial charge < -0.3 is 5.73 Å². The number of nitrogens with two attached hydrogens (primary N) is 1. The number of aromatic nitrogens is 1. The summed E-state index contributed by atoms with van der Waals surface area (Å²) in [6.07, 6.45) is 1.25. The summed E-state index contributed by atoms with van der Waals surface area (Å²) in [5.74, 6) is -0.475. The Morgan fingerprint density at radius 3 is 2.90 bits per heavy atom. The predicted octanol–water partition coefficient (Wildman–Crippen LogP) is 1.33. The molecule has 4 heteroatoms. The minimum absolute atomic E-state index is 0.0252. The first-order chi connectivity index (χ1) is 4.74. The van der Waals surface area contributed by atoms with Crippen molar-refractivity contribution in [1.82, 2.24) is 4.98 Å². The quantitative estimate of drug-likeness (QED) is 0.673. The first-order valence-electron chi connectivity index (χ1n) is 2.74. The second-order valence-corrected chi connectivity index (χ2v) is 2.20. The SMILES string of the molecule is NCc1cc(F)c(Cl)cn1. The molecule has 2 nitrogen and oxygen atoms in total. The van der Waals surface area contributed by atoms with Gasteiger partial charge in [-0.2, -0.15) is 0 Å². The molecule has 0 unspecified atom stereocenters. The van der Waals surface area contributed by atoms with Gasteiger partial charge in [0, 0.05) is 12.7 Å². The summed E-state index contributed by atoms with van der Waals surface area (Å²) >= 11 is 5.36. The van der Waals surface area contributed by atoms with Crippen molar-refractivity contribution in [2.45, 2.75) is 6.54 Å². The molecule has 0 aliphatic carbocycles. The fraction of sp³-hybridized carbons (Fsp3) is 0.167. The predicted molar refractivity (Wildman–Crippen MR) is 37.1 cm³/mol. The van der Waals surface area contributed by atoms with Crippen LogP contribution in [0.1, 0.15) is 5.69 Å². The van der Waals surface area contributed by atoms with Crippen LogP contribution in [-0.4, -0.2) is 4.98 Å². The van der Waals surface area contributed by atoms with Gasteiger partial charge >= 0.3 is 0 Å². The maximum Gasteiger partial charge on any atom is 0.145 e. The number of halogens is 2. The summed E-state index contributed by atoms with van der Waals surface area (Å²) in [6, 6.07) is 1.22. The Morgan fingerprint density at radius 1 is 1.70 bits per heavy atom. The largest absolute Gasteiger partial charge is 0.325 e. The molecule has 0 spiro atoms. The molecule has 0 atom stereocenters. The van der Waals surface area contributed by atoms with Crippen LogP contribution in [0.4, 0.5) is 4.39 Å². The van der Waals surface area contributed by atoms with E-state index < -0.39 is 5.82 Å². The van der Waals surface area contributed by atoms with E-state index in [2.05, 4.69) is 4.98 Å². The molecular formula is C6H6ClFN2. The lowest BCUT2D eigenvalue weighted by atomic mass is 10.3. The van der Waals surface area contributed by atoms with Crippen molar-refractivity contribution >= 4 is 11.6 Å². The van der Waals surface area contributed by atoms with Crippen LogP contribution >= 0.6 is 11.6 Å². The average molecular weight is 161 g/mol. The molecule has 1 rings (SSSR count). The minimum Gasteiger partial charge on any atom is -0.325 e. The van der Waals surface area contributed by atoms with Crippen molar-refractivity contribution in [3.63, 3.8) is 0 Å². The first kappa shape index (κ1) is 7.44. The molecule has 0 aromatic carbocycles. The van der Waals surface area contributed by atoms with Crippen molar-refractivity contribution in [1.29, 1.82) is 0 Å². The fourth-order valence-corrected chi connectivity index (χ4v) is 0.669. The van der Waals surface area contributed by atoms with Gasteiger partial charge in [-0.1, -0.05) is 11.6 Å². The molecule has 54 valence electrons. The topological polar surface area (TPSA) is 38.9 Å². The zero-order valence-corrected chi connectivity index (χ0v) is 5.90. The van der Waals surface area contributed by atoms with E-state index in [1.54, 1.807) is 0 Å². The second kappa shape index (κ2) is 2.94. The van der Waals surface area contributed by atoms with Crippen LogP contribution in [0.25, 0.3) is 0 Å². The van der Waals surface area contributed by atoms with Gasteiger partial charge in [0.15, 0.2) is 0 Å². The van der Waals surface area contributed by atoms with E-state index in [0.717, 1.165) is 0 Å². The summed E-state index contributed by atoms with van der Waals surface area (Å²) in [6.45, 7) is 0.230. The summed E-state index contributed by atoms with van der Waals surface area (Å²) in [5.41, 5.74) is 5.70. The van der Waals surface area contributed by atoms with E-state index in [4.69, 9.17) is 17.3 Å². The van der Waals surface area contributed by atoms with Gasteiger partial charge in [-0.3, -0.25) is 4.98 Å². The van der Waals surface area contributed by atoms with Gasteiger partial charge in [0.1, 0.15) is 5.82 Å². The highest BCUT2D eigenvalue weighted by atomic mass is 35.5. The van der Waals surface area contributed by atoms with E-state index >= 15 is 0 Å². The third-order valence-electron chi connectivity index (χ3n) is 1.07. The summed E-state index contributed by atoms with van der Waals surface area (Å²) in [7, 11) is 0. The number of nitrogens with zero attached hydrogens (tertiary/aromatic N) is 1. The smallest absolute Gasteiger partial charge is 0.145 e. The molecular weight excluding hydrogens is 155 g/mol. The van der Waals surface area contributed by atoms with E-state index in [1.165, 1.54) is 12.3 Å². The summed E-state index contributed by atoms with van der Waals surface area (Å²) < 4.78 is 12.5. The van der Waals surface area contributed by atoms with Gasteiger partial charge in [0.2, 0.25) is 0 Å². The monoisotopic (exact) mass is 160 g/mol. The zero-order chi connectivity index (χ0) is 7.56. The van der Waals surface area contributed by atoms with Gasteiger partial charge in [0.25, 0.3) is 0 Å². The van der Waals surface area contributed by atoms with Crippen molar-refractivity contribution in [3.8, 4) is 0 Å². The molecule has 10 heavy (non-hydrogen) atoms. The fourth-order valence-electron chi connectivity index (χ4n) is 0.565. The average Bonchev–Trinajstić information content (AvgIpc) is 1.95. The number of hydrogen-bond donors (Lipinski definition) is 1. The van der Waals surface area contributed by atoms with Crippen LogP contribution in [0.3, 0.4) is 0 Å². The highest BCUT2D eigenvalue weighted by molar-refractivity contribution is 6.30. The van der Waals surface area contributed by atoms with Crippen LogP contribution in [0.15, 0.2) is 12.3 Å². The van der Waals surface area contributed by atoms with Crippen LogP contribution in [-0.2, 0) is 6.54 Å². The molecule has 0 bridgehead atoms. The summed E-state index contributed by atoms with van der Waals surface area (Å²) in [4.78, 5) is 3.76. The Morgan fingerprint density at radius 2 is 2.40 bits per heavy atom. The lowest BCUT2D eigenvalue weighted by Crippen LogP contribution is -1.99. The molecule has 1 aromatic heterocycles. The van der Waals surface area contributed by atoms with E-state index in [0.29, 0.717) is 5.69 Å². The maximum absolute atomic E-state index is 12.5. The highest BCUT2D eigenvalue weighted by Crippen LogP contribution is 2.12. The highest BCUT2D eigenvalue weighted by Gasteiger charge is 1.99. The normalized spacial score (nSPS) is 9.90. The van der Waals surface area contributed by atoms with Crippen molar-refractivity contribution < 1.29 is 4.39 Å². The third-order valence-corrected chi connectivity index (χ3v) is 1.35. The third kappa shape index (κ3) is 1.43. The van der Waals surface area contributed by atoms with Crippen molar-refractivity contribution in [3.05, 3.63) is 28.8 Å². The Kier molecular flexibility index (Phi) is 2.19. The Bertz CT molecular complexity index is 239. The Labute approximate surface area is 62.8 Å². The molecule has 0 radical (unpaired) electrons. The van der Waals surface area contributed by atoms with Crippen molar-refractivity contribution in [2.24, 2.45) is 5.73 Å². The molecule has 0 saturated heterocycles. The molecule has 0 aliphatic rings. The Balaban J connectivity index is 3.04. The van der Waals surface area contributed by atoms with Crippen molar-refractivity contribution in [2.75, 3.05) is 0 Å². The molecule has 0 saturated carbocycles. The van der Waals surface area contributed by atoms with Crippen LogP contribution in [0.2, 0.25) is 5.02 Å². The Hall–Kier alpha value is -0.670.